The Kier molecular flexibility index (Phi) is 3.88. The van der Waals surface area contributed by atoms with E-state index in [1.165, 1.54) is 19.3 Å². The SMILES string of the molecule is ClC1CC(I)CCC1I. The van der Waals surface area contributed by atoms with E-state index in [0.717, 1.165) is 7.85 Å². The van der Waals surface area contributed by atoms with E-state index in [0.29, 0.717) is 5.38 Å². The number of alkyl halides is 3. The van der Waals surface area contributed by atoms with Crippen LogP contribution in [0, 0.1) is 0 Å². The summed E-state index contributed by atoms with van der Waals surface area (Å²) < 4.78 is 1.55. The van der Waals surface area contributed by atoms with Gasteiger partial charge in [0.05, 0.1) is 0 Å². The summed E-state index contributed by atoms with van der Waals surface area (Å²) in [6.45, 7) is 0. The van der Waals surface area contributed by atoms with Crippen LogP contribution < -0.4 is 0 Å². The third kappa shape index (κ3) is 2.69. The van der Waals surface area contributed by atoms with Crippen molar-refractivity contribution in [2.75, 3.05) is 0 Å². The van der Waals surface area contributed by atoms with E-state index in [-0.39, 0.29) is 0 Å². The highest BCUT2D eigenvalue weighted by molar-refractivity contribution is 14.1. The molecule has 0 N–H and O–H groups in total. The van der Waals surface area contributed by atoms with Gasteiger partial charge in [-0.15, -0.1) is 11.6 Å². The summed E-state index contributed by atoms with van der Waals surface area (Å²) in [6.07, 6.45) is 3.87. The molecule has 0 aromatic carbocycles. The fourth-order valence-electron chi connectivity index (χ4n) is 1.03. The van der Waals surface area contributed by atoms with Crippen LogP contribution in [0.15, 0.2) is 0 Å². The van der Waals surface area contributed by atoms with Gasteiger partial charge in [-0.25, -0.2) is 0 Å². The Morgan fingerprint density at radius 2 is 1.89 bits per heavy atom. The van der Waals surface area contributed by atoms with Crippen molar-refractivity contribution in [2.45, 2.75) is 32.5 Å². The molecule has 1 rings (SSSR count). The summed E-state index contributed by atoms with van der Waals surface area (Å²) in [5.41, 5.74) is 0. The number of hydrogen-bond acceptors (Lipinski definition) is 0. The van der Waals surface area contributed by atoms with Crippen LogP contribution in [0.4, 0.5) is 0 Å². The van der Waals surface area contributed by atoms with Crippen molar-refractivity contribution >= 4 is 56.8 Å². The van der Waals surface area contributed by atoms with Gasteiger partial charge in [0, 0.05) is 13.2 Å². The predicted octanol–water partition coefficient (Wildman–Crippen LogP) is 3.38. The van der Waals surface area contributed by atoms with Crippen molar-refractivity contribution in [3.05, 3.63) is 0 Å². The molecule has 3 heteroatoms. The summed E-state index contributed by atoms with van der Waals surface area (Å²) in [5.74, 6) is 0. The molecule has 0 saturated heterocycles. The highest BCUT2D eigenvalue weighted by Gasteiger charge is 2.25. The maximum absolute atomic E-state index is 6.05. The zero-order valence-corrected chi connectivity index (χ0v) is 10.1. The second-order valence-corrected chi connectivity index (χ2v) is 6.36. The Bertz CT molecular complexity index is 97.1. The van der Waals surface area contributed by atoms with Crippen molar-refractivity contribution in [3.8, 4) is 0 Å². The monoisotopic (exact) mass is 370 g/mol. The van der Waals surface area contributed by atoms with E-state index in [2.05, 4.69) is 45.2 Å². The molecule has 1 fully saturated rings. The Balaban J connectivity index is 2.35. The van der Waals surface area contributed by atoms with Gasteiger partial charge in [-0.1, -0.05) is 45.2 Å². The van der Waals surface area contributed by atoms with Crippen LogP contribution in [0.25, 0.3) is 0 Å². The molecular weight excluding hydrogens is 361 g/mol. The molecule has 0 aromatic heterocycles. The first-order valence-electron chi connectivity index (χ1n) is 3.12. The van der Waals surface area contributed by atoms with Crippen molar-refractivity contribution in [1.29, 1.82) is 0 Å². The summed E-state index contributed by atoms with van der Waals surface area (Å²) >= 11 is 11.0. The smallest absolute Gasteiger partial charge is 0.0463 e. The third-order valence-corrected chi connectivity index (χ3v) is 5.16. The van der Waals surface area contributed by atoms with Crippen LogP contribution in [0.3, 0.4) is 0 Å². The highest BCUT2D eigenvalue weighted by atomic mass is 127. The molecule has 0 amide bonds. The van der Waals surface area contributed by atoms with Gasteiger partial charge >= 0.3 is 0 Å². The van der Waals surface area contributed by atoms with Crippen LogP contribution in [-0.2, 0) is 0 Å². The maximum atomic E-state index is 6.05. The molecule has 9 heavy (non-hydrogen) atoms. The average molecular weight is 370 g/mol. The second-order valence-electron chi connectivity index (χ2n) is 2.44. The van der Waals surface area contributed by atoms with E-state index in [1.807, 2.05) is 0 Å². The lowest BCUT2D eigenvalue weighted by molar-refractivity contribution is 0.560. The molecule has 0 aromatic rings. The molecule has 1 aliphatic rings. The molecule has 0 aliphatic heterocycles. The molecule has 0 nitrogen and oxygen atoms in total. The second kappa shape index (κ2) is 3.95. The first-order valence-corrected chi connectivity index (χ1v) is 6.05. The lowest BCUT2D eigenvalue weighted by Crippen LogP contribution is -2.25. The van der Waals surface area contributed by atoms with Crippen molar-refractivity contribution in [3.63, 3.8) is 0 Å². The van der Waals surface area contributed by atoms with E-state index in [9.17, 15) is 0 Å². The first-order chi connectivity index (χ1) is 4.20. The molecule has 1 saturated carbocycles. The molecule has 1 aliphatic carbocycles. The average Bonchev–Trinajstić information content (AvgIpc) is 1.80. The van der Waals surface area contributed by atoms with Crippen molar-refractivity contribution in [1.82, 2.24) is 0 Å². The molecule has 3 atom stereocenters. The Morgan fingerprint density at radius 1 is 1.22 bits per heavy atom. The summed E-state index contributed by atoms with van der Waals surface area (Å²) in [6, 6.07) is 0. The number of halogens is 3. The minimum atomic E-state index is 0.432. The summed E-state index contributed by atoms with van der Waals surface area (Å²) in [7, 11) is 0. The zero-order valence-electron chi connectivity index (χ0n) is 4.99. The molecule has 0 radical (unpaired) electrons. The highest BCUT2D eigenvalue weighted by Crippen LogP contribution is 2.32. The Morgan fingerprint density at radius 3 is 2.33 bits per heavy atom. The van der Waals surface area contributed by atoms with Gasteiger partial charge in [-0.2, -0.15) is 0 Å². The Labute approximate surface area is 88.4 Å². The zero-order chi connectivity index (χ0) is 6.85. The molecule has 0 bridgehead atoms. The first kappa shape index (κ1) is 8.84. The van der Waals surface area contributed by atoms with Crippen LogP contribution in [0.2, 0.25) is 0 Å². The van der Waals surface area contributed by atoms with Crippen LogP contribution in [0.5, 0.6) is 0 Å². The third-order valence-electron chi connectivity index (χ3n) is 1.63. The largest absolute Gasteiger partial charge is 0.122 e. The predicted molar refractivity (Wildman–Crippen MR) is 59.1 cm³/mol. The van der Waals surface area contributed by atoms with E-state index in [1.54, 1.807) is 0 Å². The summed E-state index contributed by atoms with van der Waals surface area (Å²) in [4.78, 5) is 0. The minimum absolute atomic E-state index is 0.432. The Hall–Kier alpha value is 1.75. The van der Waals surface area contributed by atoms with Gasteiger partial charge in [-0.05, 0) is 19.3 Å². The number of rotatable bonds is 0. The summed E-state index contributed by atoms with van der Waals surface area (Å²) in [5, 5.41) is 0.432. The lowest BCUT2D eigenvalue weighted by Gasteiger charge is -2.25. The molecule has 3 unspecified atom stereocenters. The van der Waals surface area contributed by atoms with Crippen LogP contribution in [0.1, 0.15) is 19.3 Å². The maximum Gasteiger partial charge on any atom is 0.0463 e. The molecule has 0 spiro atoms. The topological polar surface area (TPSA) is 0 Å². The van der Waals surface area contributed by atoms with Gasteiger partial charge < -0.3 is 0 Å². The van der Waals surface area contributed by atoms with E-state index < -0.39 is 0 Å². The van der Waals surface area contributed by atoms with Crippen LogP contribution in [-0.4, -0.2) is 13.2 Å². The number of hydrogen-bond donors (Lipinski definition) is 0. The fraction of sp³-hybridized carbons (Fsp3) is 1.00. The van der Waals surface area contributed by atoms with Gasteiger partial charge in [-0.3, -0.25) is 0 Å². The van der Waals surface area contributed by atoms with Crippen LogP contribution >= 0.6 is 56.8 Å². The van der Waals surface area contributed by atoms with Gasteiger partial charge in [0.25, 0.3) is 0 Å². The normalized spacial score (nSPS) is 45.0. The van der Waals surface area contributed by atoms with Gasteiger partial charge in [0.1, 0.15) is 0 Å². The van der Waals surface area contributed by atoms with E-state index in [4.69, 9.17) is 11.6 Å². The fourth-order valence-corrected chi connectivity index (χ4v) is 3.23. The minimum Gasteiger partial charge on any atom is -0.122 e. The molecule has 54 valence electrons. The molecular formula is C6H9ClI2. The van der Waals surface area contributed by atoms with Crippen molar-refractivity contribution < 1.29 is 0 Å². The van der Waals surface area contributed by atoms with Gasteiger partial charge in [0.15, 0.2) is 0 Å². The van der Waals surface area contributed by atoms with Crippen molar-refractivity contribution in [2.24, 2.45) is 0 Å². The quantitative estimate of drug-likeness (QED) is 0.453. The standard InChI is InChI=1S/C6H9ClI2/c7-5-3-4(8)1-2-6(5)9/h4-6H,1-3H2. The van der Waals surface area contributed by atoms with E-state index >= 15 is 0 Å². The van der Waals surface area contributed by atoms with Gasteiger partial charge in [0.2, 0.25) is 0 Å². The lowest BCUT2D eigenvalue weighted by atomic mass is 10.0. The molecule has 0 heterocycles.